The zero-order valence-corrected chi connectivity index (χ0v) is 8.98. The second-order valence-corrected chi connectivity index (χ2v) is 3.89. The minimum atomic E-state index is 0. The van der Waals surface area contributed by atoms with E-state index in [1.807, 2.05) is 0 Å². The summed E-state index contributed by atoms with van der Waals surface area (Å²) in [5.74, 6) is 0.753. The third kappa shape index (κ3) is 2.81. The molecule has 3 nitrogen and oxygen atoms in total. The number of piperidine rings is 1. The Bertz CT molecular complexity index is 143. The molecule has 0 saturated carbocycles. The molecule has 2 aliphatic rings. The molecule has 0 aromatic carbocycles. The van der Waals surface area contributed by atoms with Crippen LogP contribution in [0.1, 0.15) is 12.8 Å². The Balaban J connectivity index is 0.000000845. The molecule has 2 heterocycles. The van der Waals surface area contributed by atoms with Gasteiger partial charge in [-0.3, -0.25) is 5.32 Å². The molecule has 4 heteroatoms. The van der Waals surface area contributed by atoms with E-state index < -0.39 is 0 Å². The molecule has 78 valence electrons. The summed E-state index contributed by atoms with van der Waals surface area (Å²) in [5, 5.41) is 3.40. The average molecular weight is 207 g/mol. The van der Waals surface area contributed by atoms with Crippen LogP contribution in [0.25, 0.3) is 0 Å². The van der Waals surface area contributed by atoms with Gasteiger partial charge in [-0.15, -0.1) is 12.4 Å². The average Bonchev–Trinajstić information content (AvgIpc) is 2.58. The van der Waals surface area contributed by atoms with Gasteiger partial charge in [0.25, 0.3) is 0 Å². The van der Waals surface area contributed by atoms with E-state index in [4.69, 9.17) is 4.74 Å². The molecule has 0 amide bonds. The standard InChI is InChI=1S/C9H18N2O.ClH/c1-11-5-2-8(3-6-11)9-10-4-7-12-9;/h8-10H,2-7H2,1H3;1H. The molecule has 0 aromatic rings. The third-order valence-electron chi connectivity index (χ3n) is 2.94. The van der Waals surface area contributed by atoms with Gasteiger partial charge in [-0.25, -0.2) is 0 Å². The summed E-state index contributed by atoms with van der Waals surface area (Å²) >= 11 is 0. The van der Waals surface area contributed by atoms with Crippen molar-refractivity contribution in [2.75, 3.05) is 33.3 Å². The molecular weight excluding hydrogens is 188 g/mol. The zero-order valence-electron chi connectivity index (χ0n) is 8.16. The summed E-state index contributed by atoms with van der Waals surface area (Å²) < 4.78 is 5.60. The molecule has 1 atom stereocenters. The smallest absolute Gasteiger partial charge is 0.111 e. The second kappa shape index (κ2) is 5.15. The van der Waals surface area contributed by atoms with Gasteiger partial charge in [0.15, 0.2) is 0 Å². The van der Waals surface area contributed by atoms with Crippen LogP contribution < -0.4 is 5.32 Å². The Hall–Kier alpha value is 0.170. The first-order valence-corrected chi connectivity index (χ1v) is 4.90. The molecule has 1 N–H and O–H groups in total. The molecular formula is C9H19ClN2O. The van der Waals surface area contributed by atoms with Crippen molar-refractivity contribution >= 4 is 12.4 Å². The molecule has 0 radical (unpaired) electrons. The van der Waals surface area contributed by atoms with Gasteiger partial charge in [0.2, 0.25) is 0 Å². The van der Waals surface area contributed by atoms with Crippen molar-refractivity contribution in [3.63, 3.8) is 0 Å². The number of nitrogens with one attached hydrogen (secondary N) is 1. The van der Waals surface area contributed by atoms with E-state index in [0.717, 1.165) is 19.1 Å². The highest BCUT2D eigenvalue weighted by atomic mass is 35.5. The molecule has 0 aromatic heterocycles. The van der Waals surface area contributed by atoms with Crippen LogP contribution in [0.5, 0.6) is 0 Å². The molecule has 2 aliphatic heterocycles. The summed E-state index contributed by atoms with van der Waals surface area (Å²) in [6.45, 7) is 4.40. The number of ether oxygens (including phenoxy) is 1. The molecule has 0 aliphatic carbocycles. The predicted molar refractivity (Wildman–Crippen MR) is 55.2 cm³/mol. The maximum absolute atomic E-state index is 5.60. The first kappa shape index (κ1) is 11.2. The highest BCUT2D eigenvalue weighted by Crippen LogP contribution is 2.21. The van der Waals surface area contributed by atoms with Crippen molar-refractivity contribution < 1.29 is 4.74 Å². The molecule has 1 unspecified atom stereocenters. The van der Waals surface area contributed by atoms with Crippen LogP contribution in [-0.2, 0) is 4.74 Å². The quantitative estimate of drug-likeness (QED) is 0.684. The fraction of sp³-hybridized carbons (Fsp3) is 1.00. The summed E-state index contributed by atoms with van der Waals surface area (Å²) in [6.07, 6.45) is 2.93. The highest BCUT2D eigenvalue weighted by Gasteiger charge is 2.27. The molecule has 0 bridgehead atoms. The van der Waals surface area contributed by atoms with Gasteiger partial charge < -0.3 is 9.64 Å². The lowest BCUT2D eigenvalue weighted by atomic mass is 9.95. The van der Waals surface area contributed by atoms with E-state index in [9.17, 15) is 0 Å². The molecule has 2 rings (SSSR count). The van der Waals surface area contributed by atoms with Gasteiger partial charge in [0.1, 0.15) is 6.23 Å². The van der Waals surface area contributed by atoms with Crippen LogP contribution in [0.2, 0.25) is 0 Å². The van der Waals surface area contributed by atoms with Crippen molar-refractivity contribution in [1.29, 1.82) is 0 Å². The molecule has 2 saturated heterocycles. The molecule has 2 fully saturated rings. The topological polar surface area (TPSA) is 24.5 Å². The van der Waals surface area contributed by atoms with E-state index >= 15 is 0 Å². The Morgan fingerprint density at radius 3 is 2.54 bits per heavy atom. The van der Waals surface area contributed by atoms with E-state index in [1.165, 1.54) is 25.9 Å². The van der Waals surface area contributed by atoms with Crippen LogP contribution in [0.15, 0.2) is 0 Å². The van der Waals surface area contributed by atoms with Gasteiger partial charge in [0.05, 0.1) is 6.61 Å². The van der Waals surface area contributed by atoms with E-state index in [1.54, 1.807) is 0 Å². The Kier molecular flexibility index (Phi) is 4.46. The van der Waals surface area contributed by atoms with Crippen molar-refractivity contribution in [3.05, 3.63) is 0 Å². The Morgan fingerprint density at radius 2 is 2.00 bits per heavy atom. The fourth-order valence-electron chi connectivity index (χ4n) is 2.08. The lowest BCUT2D eigenvalue weighted by molar-refractivity contribution is 0.0259. The number of likely N-dealkylation sites (tertiary alicyclic amines) is 1. The first-order valence-electron chi connectivity index (χ1n) is 4.90. The third-order valence-corrected chi connectivity index (χ3v) is 2.94. The summed E-state index contributed by atoms with van der Waals surface area (Å²) in [6, 6.07) is 0. The Labute approximate surface area is 86.2 Å². The summed E-state index contributed by atoms with van der Waals surface area (Å²) in [7, 11) is 2.19. The number of rotatable bonds is 1. The summed E-state index contributed by atoms with van der Waals surface area (Å²) in [5.41, 5.74) is 0. The lowest BCUT2D eigenvalue weighted by Crippen LogP contribution is -2.39. The minimum absolute atomic E-state index is 0. The SMILES string of the molecule is CN1CCC(C2NCCO2)CC1.Cl. The van der Waals surface area contributed by atoms with Crippen molar-refractivity contribution in [2.24, 2.45) is 5.92 Å². The lowest BCUT2D eigenvalue weighted by Gasteiger charge is -2.31. The van der Waals surface area contributed by atoms with Crippen LogP contribution in [0.3, 0.4) is 0 Å². The van der Waals surface area contributed by atoms with Crippen LogP contribution >= 0.6 is 12.4 Å². The number of hydrogen-bond donors (Lipinski definition) is 1. The van der Waals surface area contributed by atoms with Crippen LogP contribution in [-0.4, -0.2) is 44.4 Å². The van der Waals surface area contributed by atoms with Crippen molar-refractivity contribution in [2.45, 2.75) is 19.1 Å². The Morgan fingerprint density at radius 1 is 1.31 bits per heavy atom. The van der Waals surface area contributed by atoms with Crippen molar-refractivity contribution in [3.8, 4) is 0 Å². The van der Waals surface area contributed by atoms with Gasteiger partial charge >= 0.3 is 0 Å². The molecule has 0 spiro atoms. The monoisotopic (exact) mass is 206 g/mol. The maximum atomic E-state index is 5.60. The number of hydrogen-bond acceptors (Lipinski definition) is 3. The van der Waals surface area contributed by atoms with E-state index in [-0.39, 0.29) is 12.4 Å². The van der Waals surface area contributed by atoms with Gasteiger partial charge in [-0.05, 0) is 33.0 Å². The van der Waals surface area contributed by atoms with Gasteiger partial charge in [-0.1, -0.05) is 0 Å². The zero-order chi connectivity index (χ0) is 8.39. The normalized spacial score (nSPS) is 31.6. The number of nitrogens with zero attached hydrogens (tertiary/aromatic N) is 1. The van der Waals surface area contributed by atoms with Crippen LogP contribution in [0.4, 0.5) is 0 Å². The second-order valence-electron chi connectivity index (χ2n) is 3.89. The predicted octanol–water partition coefficient (Wildman–Crippen LogP) is 0.696. The van der Waals surface area contributed by atoms with E-state index in [2.05, 4.69) is 17.3 Å². The van der Waals surface area contributed by atoms with Crippen LogP contribution in [0, 0.1) is 5.92 Å². The summed E-state index contributed by atoms with van der Waals surface area (Å²) in [4.78, 5) is 2.39. The van der Waals surface area contributed by atoms with E-state index in [0.29, 0.717) is 6.23 Å². The highest BCUT2D eigenvalue weighted by molar-refractivity contribution is 5.85. The number of halogens is 1. The largest absolute Gasteiger partial charge is 0.362 e. The van der Waals surface area contributed by atoms with Gasteiger partial charge in [-0.2, -0.15) is 0 Å². The fourth-order valence-corrected chi connectivity index (χ4v) is 2.08. The van der Waals surface area contributed by atoms with Gasteiger partial charge in [0, 0.05) is 12.5 Å². The minimum Gasteiger partial charge on any atom is -0.362 e. The maximum Gasteiger partial charge on any atom is 0.111 e. The molecule has 13 heavy (non-hydrogen) atoms. The van der Waals surface area contributed by atoms with Crippen molar-refractivity contribution in [1.82, 2.24) is 10.2 Å². The first-order chi connectivity index (χ1) is 5.86.